The van der Waals surface area contributed by atoms with Gasteiger partial charge in [-0.2, -0.15) is 0 Å². The number of likely N-dealkylation sites (N-methyl/N-ethyl adjacent to an activating group) is 1. The maximum Gasteiger partial charge on any atom is 0.267 e. The molecule has 168 valence electrons. The first-order chi connectivity index (χ1) is 16.0. The van der Waals surface area contributed by atoms with E-state index in [2.05, 4.69) is 22.4 Å². The highest BCUT2D eigenvalue weighted by molar-refractivity contribution is 6.05. The molecule has 0 fully saturated rings. The molecule has 33 heavy (non-hydrogen) atoms. The van der Waals surface area contributed by atoms with E-state index in [1.54, 1.807) is 21.7 Å². The van der Waals surface area contributed by atoms with Crippen LogP contribution in [0.4, 0.5) is 0 Å². The molecule has 2 aromatic heterocycles. The van der Waals surface area contributed by atoms with Gasteiger partial charge in [-0.05, 0) is 42.7 Å². The fourth-order valence-electron chi connectivity index (χ4n) is 4.09. The molecule has 0 aliphatic carbocycles. The minimum atomic E-state index is -0.117. The summed E-state index contributed by atoms with van der Waals surface area (Å²) < 4.78 is 1.79. The summed E-state index contributed by atoms with van der Waals surface area (Å²) in [7, 11) is 3.68. The van der Waals surface area contributed by atoms with Gasteiger partial charge in [0.05, 0.1) is 11.1 Å². The summed E-state index contributed by atoms with van der Waals surface area (Å²) in [6, 6.07) is 23.1. The van der Waals surface area contributed by atoms with E-state index in [0.29, 0.717) is 36.2 Å². The molecule has 0 spiro atoms. The number of aromatic nitrogens is 2. The summed E-state index contributed by atoms with van der Waals surface area (Å²) >= 11 is 0. The van der Waals surface area contributed by atoms with E-state index in [9.17, 15) is 9.59 Å². The number of amides is 2. The van der Waals surface area contributed by atoms with Crippen molar-refractivity contribution in [2.75, 3.05) is 13.6 Å². The second kappa shape index (κ2) is 10.1. The minimum Gasteiger partial charge on any atom is -0.351 e. The lowest BCUT2D eigenvalue weighted by Crippen LogP contribution is -2.41. The van der Waals surface area contributed by atoms with E-state index < -0.39 is 0 Å². The van der Waals surface area contributed by atoms with Crippen LogP contribution in [0.15, 0.2) is 85.2 Å². The molecule has 4 rings (SSSR count). The van der Waals surface area contributed by atoms with Crippen LogP contribution in [-0.4, -0.2) is 45.9 Å². The van der Waals surface area contributed by atoms with Crippen molar-refractivity contribution in [2.45, 2.75) is 18.9 Å². The number of para-hydroxylation sites is 1. The molecule has 1 N–H and O–H groups in total. The molecule has 0 unspecified atom stereocenters. The van der Waals surface area contributed by atoms with Crippen LogP contribution in [0.3, 0.4) is 0 Å². The first-order valence-electron chi connectivity index (χ1n) is 11.1. The lowest BCUT2D eigenvalue weighted by atomic mass is 10.0. The number of nitrogens with zero attached hydrogens (tertiary/aromatic N) is 3. The van der Waals surface area contributed by atoms with Crippen LogP contribution in [-0.2, 0) is 13.5 Å². The maximum absolute atomic E-state index is 13.5. The number of fused-ring (bicyclic) bond motifs is 1. The molecule has 0 aliphatic heterocycles. The Bertz CT molecular complexity index is 1240. The van der Waals surface area contributed by atoms with E-state index in [1.807, 2.05) is 74.9 Å². The Labute approximate surface area is 193 Å². The molecule has 2 aromatic carbocycles. The van der Waals surface area contributed by atoms with Crippen LogP contribution in [0.5, 0.6) is 0 Å². The lowest BCUT2D eigenvalue weighted by Gasteiger charge is -2.29. The molecule has 2 amide bonds. The molecule has 1 atom stereocenters. The molecule has 6 heteroatoms. The van der Waals surface area contributed by atoms with E-state index in [4.69, 9.17) is 0 Å². The number of hydrogen-bond acceptors (Lipinski definition) is 3. The zero-order chi connectivity index (χ0) is 23.2. The zero-order valence-corrected chi connectivity index (χ0v) is 18.9. The monoisotopic (exact) mass is 440 g/mol. The van der Waals surface area contributed by atoms with Gasteiger partial charge in [-0.25, -0.2) is 0 Å². The summed E-state index contributed by atoms with van der Waals surface area (Å²) in [5, 5.41) is 3.93. The molecule has 0 bridgehead atoms. The molecular formula is C27H28N4O2. The van der Waals surface area contributed by atoms with Gasteiger partial charge in [-0.1, -0.05) is 48.5 Å². The van der Waals surface area contributed by atoms with Crippen LogP contribution in [0.25, 0.3) is 10.9 Å². The molecule has 2 heterocycles. The van der Waals surface area contributed by atoms with Crippen LogP contribution < -0.4 is 5.32 Å². The van der Waals surface area contributed by atoms with Gasteiger partial charge in [0.25, 0.3) is 11.8 Å². The third-order valence-electron chi connectivity index (χ3n) is 5.98. The summed E-state index contributed by atoms with van der Waals surface area (Å²) in [4.78, 5) is 32.3. The van der Waals surface area contributed by atoms with Crippen LogP contribution in [0.2, 0.25) is 0 Å². The number of hydrogen-bond donors (Lipinski definition) is 1. The quantitative estimate of drug-likeness (QED) is 0.449. The highest BCUT2D eigenvalue weighted by Gasteiger charge is 2.23. The number of carbonyl (C=O) groups excluding carboxylic acids is 2. The van der Waals surface area contributed by atoms with Gasteiger partial charge in [0.2, 0.25) is 0 Å². The predicted octanol–water partition coefficient (Wildman–Crippen LogP) is 4.08. The van der Waals surface area contributed by atoms with Gasteiger partial charge in [-0.3, -0.25) is 14.6 Å². The highest BCUT2D eigenvalue weighted by Crippen LogP contribution is 2.20. The van der Waals surface area contributed by atoms with Crippen LogP contribution in [0.1, 0.15) is 32.8 Å². The molecule has 4 aromatic rings. The van der Waals surface area contributed by atoms with Crippen molar-refractivity contribution in [3.8, 4) is 0 Å². The van der Waals surface area contributed by atoms with Gasteiger partial charge in [0.15, 0.2) is 0 Å². The normalized spacial score (nSPS) is 11.8. The summed E-state index contributed by atoms with van der Waals surface area (Å²) in [6.07, 6.45) is 4.88. The Morgan fingerprint density at radius 3 is 2.55 bits per heavy atom. The largest absolute Gasteiger partial charge is 0.351 e. The summed E-state index contributed by atoms with van der Waals surface area (Å²) in [5.41, 5.74) is 3.04. The summed E-state index contributed by atoms with van der Waals surface area (Å²) in [6.45, 7) is 0.465. The van der Waals surface area contributed by atoms with E-state index in [1.165, 1.54) is 0 Å². The number of nitrogens with one attached hydrogen (secondary N) is 1. The van der Waals surface area contributed by atoms with Crippen molar-refractivity contribution < 1.29 is 9.59 Å². The minimum absolute atomic E-state index is 0.0750. The van der Waals surface area contributed by atoms with Crippen molar-refractivity contribution in [2.24, 2.45) is 7.05 Å². The standard InChI is InChI=1S/C27H28N4O2/c1-30-18-8-14-24(30)26(32)29-17-15-22(19-20-9-4-3-5-10-20)31(2)27(33)23-13-6-11-21-12-7-16-28-25(21)23/h3-14,16,18,22H,15,17,19H2,1-2H3,(H,29,32)/t22-/m1/s1. The van der Waals surface area contributed by atoms with E-state index in [-0.39, 0.29) is 17.9 Å². The second-order valence-corrected chi connectivity index (χ2v) is 8.19. The van der Waals surface area contributed by atoms with Gasteiger partial charge in [-0.15, -0.1) is 0 Å². The Balaban J connectivity index is 1.52. The Morgan fingerprint density at radius 2 is 1.79 bits per heavy atom. The Morgan fingerprint density at radius 1 is 1.00 bits per heavy atom. The van der Waals surface area contributed by atoms with E-state index in [0.717, 1.165) is 10.9 Å². The average molecular weight is 441 g/mol. The predicted molar refractivity (Wildman–Crippen MR) is 130 cm³/mol. The first kappa shape index (κ1) is 22.3. The second-order valence-electron chi connectivity index (χ2n) is 8.19. The average Bonchev–Trinajstić information content (AvgIpc) is 3.28. The fraction of sp³-hybridized carbons (Fsp3) is 0.222. The number of pyridine rings is 1. The van der Waals surface area contributed by atoms with Crippen LogP contribution in [0, 0.1) is 0 Å². The smallest absolute Gasteiger partial charge is 0.267 e. The number of carbonyl (C=O) groups is 2. The Hall–Kier alpha value is -3.93. The molecular weight excluding hydrogens is 412 g/mol. The maximum atomic E-state index is 13.5. The molecule has 6 nitrogen and oxygen atoms in total. The molecule has 0 saturated heterocycles. The Kier molecular flexibility index (Phi) is 6.83. The van der Waals surface area contributed by atoms with Gasteiger partial charge < -0.3 is 14.8 Å². The third-order valence-corrected chi connectivity index (χ3v) is 5.98. The van der Waals surface area contributed by atoms with Crippen molar-refractivity contribution in [1.29, 1.82) is 0 Å². The summed E-state index contributed by atoms with van der Waals surface area (Å²) in [5.74, 6) is -0.192. The van der Waals surface area contributed by atoms with Crippen LogP contribution >= 0.6 is 0 Å². The number of rotatable bonds is 8. The highest BCUT2D eigenvalue weighted by atomic mass is 16.2. The van der Waals surface area contributed by atoms with Gasteiger partial charge in [0, 0.05) is 44.5 Å². The fourth-order valence-corrected chi connectivity index (χ4v) is 4.09. The molecule has 0 saturated carbocycles. The van der Waals surface area contributed by atoms with Crippen molar-refractivity contribution in [1.82, 2.24) is 19.8 Å². The van der Waals surface area contributed by atoms with Crippen molar-refractivity contribution >= 4 is 22.7 Å². The number of aryl methyl sites for hydroxylation is 1. The molecule has 0 radical (unpaired) electrons. The SMILES string of the molecule is CN(C(=O)c1cccc2cccnc12)[C@H](CCNC(=O)c1cccn1C)Cc1ccccc1. The topological polar surface area (TPSA) is 67.2 Å². The van der Waals surface area contributed by atoms with Crippen molar-refractivity contribution in [3.05, 3.63) is 102 Å². The van der Waals surface area contributed by atoms with Gasteiger partial charge in [0.1, 0.15) is 5.69 Å². The third kappa shape index (κ3) is 5.12. The van der Waals surface area contributed by atoms with E-state index >= 15 is 0 Å². The number of benzene rings is 2. The first-order valence-corrected chi connectivity index (χ1v) is 11.1. The van der Waals surface area contributed by atoms with Gasteiger partial charge >= 0.3 is 0 Å². The zero-order valence-electron chi connectivity index (χ0n) is 18.9. The van der Waals surface area contributed by atoms with Crippen molar-refractivity contribution in [3.63, 3.8) is 0 Å². The molecule has 0 aliphatic rings. The lowest BCUT2D eigenvalue weighted by molar-refractivity contribution is 0.0724.